The zero-order valence-corrected chi connectivity index (χ0v) is 11.4. The molecule has 0 aliphatic heterocycles. The third-order valence-electron chi connectivity index (χ3n) is 2.55. The maximum absolute atomic E-state index is 9.26. The van der Waals surface area contributed by atoms with Crippen LogP contribution in [0.25, 0.3) is 0 Å². The van der Waals surface area contributed by atoms with Crippen molar-refractivity contribution in [2.45, 2.75) is 29.8 Å². The lowest BCUT2D eigenvalue weighted by Gasteiger charge is -2.15. The molecule has 1 aliphatic carbocycles. The maximum atomic E-state index is 9.26. The molecular formula is C12H16BrNOS. The molecule has 16 heavy (non-hydrogen) atoms. The lowest BCUT2D eigenvalue weighted by atomic mass is 10.3. The molecule has 0 spiro atoms. The summed E-state index contributed by atoms with van der Waals surface area (Å²) in [5.74, 6) is 0.912. The van der Waals surface area contributed by atoms with Crippen LogP contribution in [0.15, 0.2) is 33.6 Å². The quantitative estimate of drug-likeness (QED) is 0.792. The largest absolute Gasteiger partial charge is 0.395 e. The van der Waals surface area contributed by atoms with E-state index < -0.39 is 0 Å². The summed E-state index contributed by atoms with van der Waals surface area (Å²) in [6, 6.07) is 9.06. The smallest absolute Gasteiger partial charge is 0.0592 e. The molecule has 2 rings (SSSR count). The maximum Gasteiger partial charge on any atom is 0.0592 e. The Labute approximate surface area is 109 Å². The van der Waals surface area contributed by atoms with Gasteiger partial charge in [-0.15, -0.1) is 11.8 Å². The van der Waals surface area contributed by atoms with E-state index in [0.717, 1.165) is 10.2 Å². The SMILES string of the molecule is OCC(CSc1ccccc1Br)NC1CC1. The van der Waals surface area contributed by atoms with Crippen LogP contribution >= 0.6 is 27.7 Å². The van der Waals surface area contributed by atoms with E-state index in [0.29, 0.717) is 6.04 Å². The molecule has 1 aromatic carbocycles. The summed E-state index contributed by atoms with van der Waals surface area (Å²) in [6.45, 7) is 0.216. The van der Waals surface area contributed by atoms with Crippen molar-refractivity contribution in [1.29, 1.82) is 0 Å². The van der Waals surface area contributed by atoms with Gasteiger partial charge in [-0.1, -0.05) is 12.1 Å². The number of hydrogen-bond acceptors (Lipinski definition) is 3. The number of benzene rings is 1. The topological polar surface area (TPSA) is 32.3 Å². The Bertz CT molecular complexity index is 344. The number of rotatable bonds is 6. The molecule has 1 fully saturated rings. The van der Waals surface area contributed by atoms with Gasteiger partial charge in [-0.25, -0.2) is 0 Å². The monoisotopic (exact) mass is 301 g/mol. The standard InChI is InChI=1S/C12H16BrNOS/c13-11-3-1-2-4-12(11)16-8-10(7-15)14-9-5-6-9/h1-4,9-10,14-15H,5-8H2. The summed E-state index contributed by atoms with van der Waals surface area (Å²) in [5.41, 5.74) is 0. The van der Waals surface area contributed by atoms with Gasteiger partial charge in [0.1, 0.15) is 0 Å². The summed E-state index contributed by atoms with van der Waals surface area (Å²) in [4.78, 5) is 1.23. The Morgan fingerprint density at radius 3 is 2.81 bits per heavy atom. The van der Waals surface area contributed by atoms with E-state index in [2.05, 4.69) is 27.3 Å². The lowest BCUT2D eigenvalue weighted by Crippen LogP contribution is -2.36. The van der Waals surface area contributed by atoms with Gasteiger partial charge in [0, 0.05) is 27.2 Å². The van der Waals surface area contributed by atoms with E-state index in [1.165, 1.54) is 17.7 Å². The first kappa shape index (κ1) is 12.4. The summed E-state index contributed by atoms with van der Waals surface area (Å²) < 4.78 is 1.13. The molecule has 2 nitrogen and oxygen atoms in total. The fourth-order valence-electron chi connectivity index (χ4n) is 1.49. The second kappa shape index (κ2) is 6.05. The van der Waals surface area contributed by atoms with Crippen LogP contribution in [-0.2, 0) is 0 Å². The molecule has 0 amide bonds. The van der Waals surface area contributed by atoms with Gasteiger partial charge in [0.15, 0.2) is 0 Å². The van der Waals surface area contributed by atoms with Gasteiger partial charge in [-0.05, 0) is 40.9 Å². The predicted molar refractivity (Wildman–Crippen MR) is 71.9 cm³/mol. The van der Waals surface area contributed by atoms with Gasteiger partial charge in [-0.2, -0.15) is 0 Å². The molecule has 4 heteroatoms. The molecule has 2 N–H and O–H groups in total. The predicted octanol–water partition coefficient (Wildman–Crippen LogP) is 2.65. The van der Waals surface area contributed by atoms with Gasteiger partial charge in [0.25, 0.3) is 0 Å². The van der Waals surface area contributed by atoms with E-state index >= 15 is 0 Å². The third kappa shape index (κ3) is 3.77. The molecule has 0 radical (unpaired) electrons. The van der Waals surface area contributed by atoms with Crippen LogP contribution in [0, 0.1) is 0 Å². The summed E-state index contributed by atoms with van der Waals surface area (Å²) in [5, 5.41) is 12.7. The molecule has 0 aromatic heterocycles. The first-order valence-electron chi connectivity index (χ1n) is 5.54. The zero-order chi connectivity index (χ0) is 11.4. The van der Waals surface area contributed by atoms with Gasteiger partial charge in [0.2, 0.25) is 0 Å². The van der Waals surface area contributed by atoms with Crippen molar-refractivity contribution in [3.8, 4) is 0 Å². The highest BCUT2D eigenvalue weighted by Crippen LogP contribution is 2.28. The third-order valence-corrected chi connectivity index (χ3v) is 4.74. The number of aliphatic hydroxyl groups is 1. The van der Waals surface area contributed by atoms with Crippen LogP contribution in [-0.4, -0.2) is 29.5 Å². The minimum atomic E-state index is 0.213. The Kier molecular flexibility index (Phi) is 4.70. The van der Waals surface area contributed by atoms with Crippen LogP contribution in [0.4, 0.5) is 0 Å². The van der Waals surface area contributed by atoms with Crippen LogP contribution < -0.4 is 5.32 Å². The molecule has 0 saturated heterocycles. The van der Waals surface area contributed by atoms with E-state index in [1.54, 1.807) is 11.8 Å². The van der Waals surface area contributed by atoms with E-state index in [9.17, 15) is 5.11 Å². The number of aliphatic hydroxyl groups excluding tert-OH is 1. The van der Waals surface area contributed by atoms with E-state index in [-0.39, 0.29) is 12.6 Å². The second-order valence-electron chi connectivity index (χ2n) is 4.06. The Morgan fingerprint density at radius 1 is 1.44 bits per heavy atom. The van der Waals surface area contributed by atoms with Crippen molar-refractivity contribution in [2.75, 3.05) is 12.4 Å². The highest BCUT2D eigenvalue weighted by atomic mass is 79.9. The van der Waals surface area contributed by atoms with E-state index in [4.69, 9.17) is 0 Å². The molecule has 1 atom stereocenters. The average Bonchev–Trinajstić information content (AvgIpc) is 3.10. The number of nitrogens with one attached hydrogen (secondary N) is 1. The number of halogens is 1. The normalized spacial score (nSPS) is 17.4. The minimum Gasteiger partial charge on any atom is -0.395 e. The zero-order valence-electron chi connectivity index (χ0n) is 9.03. The minimum absolute atomic E-state index is 0.213. The van der Waals surface area contributed by atoms with Crippen molar-refractivity contribution in [2.24, 2.45) is 0 Å². The first-order chi connectivity index (χ1) is 7.79. The Morgan fingerprint density at radius 2 is 2.19 bits per heavy atom. The van der Waals surface area contributed by atoms with Crippen LogP contribution in [0.2, 0.25) is 0 Å². The van der Waals surface area contributed by atoms with Gasteiger partial charge < -0.3 is 10.4 Å². The van der Waals surface area contributed by atoms with Crippen LogP contribution in [0.1, 0.15) is 12.8 Å². The molecule has 1 aliphatic rings. The molecular weight excluding hydrogens is 286 g/mol. The van der Waals surface area contributed by atoms with Crippen molar-refractivity contribution < 1.29 is 5.11 Å². The number of hydrogen-bond donors (Lipinski definition) is 2. The molecule has 1 saturated carbocycles. The first-order valence-corrected chi connectivity index (χ1v) is 7.31. The van der Waals surface area contributed by atoms with Crippen LogP contribution in [0.3, 0.4) is 0 Å². The molecule has 0 heterocycles. The molecule has 1 aromatic rings. The second-order valence-corrected chi connectivity index (χ2v) is 5.98. The highest BCUT2D eigenvalue weighted by Gasteiger charge is 2.24. The van der Waals surface area contributed by atoms with Crippen molar-refractivity contribution in [1.82, 2.24) is 5.32 Å². The molecule has 88 valence electrons. The van der Waals surface area contributed by atoms with Crippen molar-refractivity contribution >= 4 is 27.7 Å². The number of thioether (sulfide) groups is 1. The van der Waals surface area contributed by atoms with Crippen molar-refractivity contribution in [3.63, 3.8) is 0 Å². The van der Waals surface area contributed by atoms with Crippen molar-refractivity contribution in [3.05, 3.63) is 28.7 Å². The Hall–Kier alpha value is -0.0300. The van der Waals surface area contributed by atoms with Crippen LogP contribution in [0.5, 0.6) is 0 Å². The van der Waals surface area contributed by atoms with Gasteiger partial charge >= 0.3 is 0 Å². The van der Waals surface area contributed by atoms with Gasteiger partial charge in [-0.3, -0.25) is 0 Å². The van der Waals surface area contributed by atoms with Gasteiger partial charge in [0.05, 0.1) is 6.61 Å². The summed E-state index contributed by atoms with van der Waals surface area (Å²) in [7, 11) is 0. The molecule has 1 unspecified atom stereocenters. The summed E-state index contributed by atoms with van der Waals surface area (Å²) in [6.07, 6.45) is 2.52. The Balaban J connectivity index is 1.82. The fourth-order valence-corrected chi connectivity index (χ4v) is 3.08. The molecule has 0 bridgehead atoms. The van der Waals surface area contributed by atoms with E-state index in [1.807, 2.05) is 18.2 Å². The average molecular weight is 302 g/mol. The lowest BCUT2D eigenvalue weighted by molar-refractivity contribution is 0.253. The summed E-state index contributed by atoms with van der Waals surface area (Å²) >= 11 is 5.31. The fraction of sp³-hybridized carbons (Fsp3) is 0.500. The highest BCUT2D eigenvalue weighted by molar-refractivity contribution is 9.10.